The quantitative estimate of drug-likeness (QED) is 0.622. The van der Waals surface area contributed by atoms with Crippen molar-refractivity contribution in [1.29, 1.82) is 0 Å². The Morgan fingerprint density at radius 3 is 2.25 bits per heavy atom. The van der Waals surface area contributed by atoms with Crippen molar-refractivity contribution in [3.8, 4) is 0 Å². The summed E-state index contributed by atoms with van der Waals surface area (Å²) in [6, 6.07) is 0. The van der Waals surface area contributed by atoms with E-state index in [1.807, 2.05) is 0 Å². The minimum absolute atomic E-state index is 0.0804. The molecule has 2 radical (unpaired) electrons. The fraction of sp³-hybridized carbons (Fsp3) is 1.00. The average Bonchev–Trinajstić information content (AvgIpc) is 2.25. The van der Waals surface area contributed by atoms with Crippen LogP contribution in [0.4, 0.5) is 0 Å². The van der Waals surface area contributed by atoms with Gasteiger partial charge in [-0.05, 0) is 29.6 Å². The highest BCUT2D eigenvalue weighted by Gasteiger charge is 2.49. The van der Waals surface area contributed by atoms with Crippen LogP contribution >= 0.6 is 0 Å². The van der Waals surface area contributed by atoms with Crippen LogP contribution in [0.5, 0.6) is 0 Å². The fourth-order valence-corrected chi connectivity index (χ4v) is 2.36. The first-order valence-electron chi connectivity index (χ1n) is 4.79. The molecule has 1 aliphatic carbocycles. The molecule has 0 spiro atoms. The van der Waals surface area contributed by atoms with E-state index < -0.39 is 0 Å². The zero-order chi connectivity index (χ0) is 9.41. The molecule has 0 aromatic heterocycles. The van der Waals surface area contributed by atoms with Crippen LogP contribution in [0.25, 0.3) is 0 Å². The maximum Gasteiger partial charge on any atom is 0.0657 e. The summed E-state index contributed by atoms with van der Waals surface area (Å²) in [6.45, 7) is 6.92. The summed E-state index contributed by atoms with van der Waals surface area (Å²) < 4.78 is 0. The number of aliphatic hydroxyl groups is 1. The molecular weight excluding hydrogens is 147 g/mol. The van der Waals surface area contributed by atoms with Gasteiger partial charge in [-0.1, -0.05) is 27.1 Å². The Labute approximate surface area is 77.0 Å². The summed E-state index contributed by atoms with van der Waals surface area (Å²) in [7, 11) is 5.70. The lowest BCUT2D eigenvalue weighted by Gasteiger charge is -2.40. The Bertz CT molecular complexity index is 167. The highest BCUT2D eigenvalue weighted by molar-refractivity contribution is 6.08. The third-order valence-corrected chi connectivity index (χ3v) is 4.25. The van der Waals surface area contributed by atoms with E-state index in [1.165, 1.54) is 6.42 Å². The van der Waals surface area contributed by atoms with E-state index in [0.717, 1.165) is 12.7 Å². The maximum absolute atomic E-state index is 9.33. The summed E-state index contributed by atoms with van der Waals surface area (Å²) in [6.07, 6.45) is 3.03. The van der Waals surface area contributed by atoms with Crippen molar-refractivity contribution >= 4 is 7.85 Å². The lowest BCUT2D eigenvalue weighted by molar-refractivity contribution is 0.0300. The van der Waals surface area contributed by atoms with Crippen molar-refractivity contribution in [3.05, 3.63) is 0 Å². The molecule has 1 fully saturated rings. The molecule has 0 aromatic carbocycles. The molecular formula is C10H19BO. The Hall–Kier alpha value is 0.0249. The summed E-state index contributed by atoms with van der Waals surface area (Å²) in [5, 5.41) is 9.33. The highest BCUT2D eigenvalue weighted by Crippen LogP contribution is 2.56. The van der Waals surface area contributed by atoms with E-state index in [2.05, 4.69) is 20.8 Å². The maximum atomic E-state index is 9.33. The van der Waals surface area contributed by atoms with Gasteiger partial charge in [-0.2, -0.15) is 0 Å². The minimum Gasteiger partial charge on any atom is -0.396 e. The number of hydrogen-bond acceptors (Lipinski definition) is 1. The molecule has 0 saturated heterocycles. The van der Waals surface area contributed by atoms with Gasteiger partial charge in [0.25, 0.3) is 0 Å². The zero-order valence-corrected chi connectivity index (χ0v) is 8.43. The SMILES string of the molecule is [B]C[C@H]1CC[C@@](C)(CO)C1(C)C. The number of rotatable bonds is 2. The molecule has 12 heavy (non-hydrogen) atoms. The molecule has 1 rings (SSSR count). The second kappa shape index (κ2) is 3.06. The third-order valence-electron chi connectivity index (χ3n) is 4.25. The van der Waals surface area contributed by atoms with Gasteiger partial charge < -0.3 is 5.11 Å². The van der Waals surface area contributed by atoms with Crippen LogP contribution in [0, 0.1) is 16.7 Å². The first-order chi connectivity index (χ1) is 5.48. The van der Waals surface area contributed by atoms with Crippen molar-refractivity contribution in [2.75, 3.05) is 6.61 Å². The summed E-state index contributed by atoms with van der Waals surface area (Å²) in [5.41, 5.74) is 0.271. The Balaban J connectivity index is 2.84. The van der Waals surface area contributed by atoms with E-state index in [-0.39, 0.29) is 17.4 Å². The van der Waals surface area contributed by atoms with Gasteiger partial charge in [-0.15, -0.1) is 0 Å². The van der Waals surface area contributed by atoms with Gasteiger partial charge in [0, 0.05) is 6.61 Å². The molecule has 1 saturated carbocycles. The Kier molecular flexibility index (Phi) is 2.58. The molecule has 2 heteroatoms. The predicted octanol–water partition coefficient (Wildman–Crippen LogP) is 2.01. The number of aliphatic hydroxyl groups excluding tert-OH is 1. The standard InChI is InChI=1S/C10H19BO/c1-9(2)8(6-11)4-5-10(9,3)7-12/h8,12H,4-7H2,1-3H3/t8-,10+/m1/s1. The van der Waals surface area contributed by atoms with Crippen molar-refractivity contribution in [1.82, 2.24) is 0 Å². The Morgan fingerprint density at radius 1 is 1.42 bits per heavy atom. The van der Waals surface area contributed by atoms with Crippen LogP contribution in [0.1, 0.15) is 33.6 Å². The molecule has 0 amide bonds. The van der Waals surface area contributed by atoms with Crippen molar-refractivity contribution in [2.24, 2.45) is 16.7 Å². The van der Waals surface area contributed by atoms with Gasteiger partial charge >= 0.3 is 0 Å². The second-order valence-corrected chi connectivity index (χ2v) is 4.91. The summed E-state index contributed by atoms with van der Waals surface area (Å²) >= 11 is 0. The molecule has 0 bridgehead atoms. The van der Waals surface area contributed by atoms with Crippen LogP contribution in [0.3, 0.4) is 0 Å². The predicted molar refractivity (Wildman–Crippen MR) is 52.3 cm³/mol. The van der Waals surface area contributed by atoms with Crippen LogP contribution in [0.2, 0.25) is 6.32 Å². The first kappa shape index (κ1) is 10.1. The zero-order valence-electron chi connectivity index (χ0n) is 8.43. The minimum atomic E-state index is 0.0804. The van der Waals surface area contributed by atoms with Gasteiger partial charge in [-0.3, -0.25) is 0 Å². The first-order valence-corrected chi connectivity index (χ1v) is 4.79. The smallest absolute Gasteiger partial charge is 0.0657 e. The van der Waals surface area contributed by atoms with Crippen molar-refractivity contribution in [2.45, 2.75) is 39.9 Å². The molecule has 1 aliphatic rings. The fourth-order valence-electron chi connectivity index (χ4n) is 2.36. The average molecular weight is 166 g/mol. The molecule has 68 valence electrons. The molecule has 0 unspecified atom stereocenters. The van der Waals surface area contributed by atoms with Crippen molar-refractivity contribution in [3.63, 3.8) is 0 Å². The van der Waals surface area contributed by atoms with Crippen LogP contribution in [-0.4, -0.2) is 19.6 Å². The lowest BCUT2D eigenvalue weighted by Crippen LogP contribution is -2.36. The van der Waals surface area contributed by atoms with Gasteiger partial charge in [0.2, 0.25) is 0 Å². The largest absolute Gasteiger partial charge is 0.396 e. The van der Waals surface area contributed by atoms with Gasteiger partial charge in [0.1, 0.15) is 0 Å². The normalized spacial score (nSPS) is 40.2. The monoisotopic (exact) mass is 166 g/mol. The molecule has 2 atom stereocenters. The third kappa shape index (κ3) is 1.21. The van der Waals surface area contributed by atoms with Crippen LogP contribution in [-0.2, 0) is 0 Å². The van der Waals surface area contributed by atoms with Gasteiger partial charge in [0.05, 0.1) is 7.85 Å². The number of hydrogen-bond donors (Lipinski definition) is 1. The summed E-state index contributed by atoms with van der Waals surface area (Å²) in [5.74, 6) is 0.578. The topological polar surface area (TPSA) is 20.2 Å². The lowest BCUT2D eigenvalue weighted by atomic mass is 9.64. The van der Waals surface area contributed by atoms with Gasteiger partial charge in [-0.25, -0.2) is 0 Å². The highest BCUT2D eigenvalue weighted by atomic mass is 16.3. The molecule has 0 aromatic rings. The summed E-state index contributed by atoms with van der Waals surface area (Å²) in [4.78, 5) is 0. The van der Waals surface area contributed by atoms with Crippen LogP contribution < -0.4 is 0 Å². The van der Waals surface area contributed by atoms with E-state index in [4.69, 9.17) is 7.85 Å². The molecule has 1 N–H and O–H groups in total. The van der Waals surface area contributed by atoms with Crippen LogP contribution in [0.15, 0.2) is 0 Å². The second-order valence-electron chi connectivity index (χ2n) is 4.91. The van der Waals surface area contributed by atoms with E-state index in [1.54, 1.807) is 0 Å². The van der Waals surface area contributed by atoms with Crippen molar-refractivity contribution < 1.29 is 5.11 Å². The van der Waals surface area contributed by atoms with E-state index in [9.17, 15) is 5.11 Å². The molecule has 0 heterocycles. The van der Waals surface area contributed by atoms with Gasteiger partial charge in [0.15, 0.2) is 0 Å². The van der Waals surface area contributed by atoms with E-state index in [0.29, 0.717) is 5.92 Å². The van der Waals surface area contributed by atoms with E-state index >= 15 is 0 Å². The molecule has 1 nitrogen and oxygen atoms in total. The molecule has 0 aliphatic heterocycles. The Morgan fingerprint density at radius 2 is 2.00 bits per heavy atom.